The molecule has 0 aromatic carbocycles. The Morgan fingerprint density at radius 1 is 1.47 bits per heavy atom. The Morgan fingerprint density at radius 3 is 2.79 bits per heavy atom. The molecule has 1 aromatic rings. The number of aryl methyl sites for hydroxylation is 1. The molecule has 106 valence electrons. The van der Waals surface area contributed by atoms with Gasteiger partial charge in [-0.3, -0.25) is 4.79 Å². The van der Waals surface area contributed by atoms with Crippen molar-refractivity contribution in [3.8, 4) is 0 Å². The molecule has 0 aliphatic rings. The second-order valence-corrected chi connectivity index (χ2v) is 6.11. The summed E-state index contributed by atoms with van der Waals surface area (Å²) in [5.41, 5.74) is 0. The zero-order chi connectivity index (χ0) is 14.3. The number of carbonyl (C=O) groups is 2. The molecular formula is C10H16N4O3S2. The maximum absolute atomic E-state index is 11.6. The molecule has 1 unspecified atom stereocenters. The van der Waals surface area contributed by atoms with Crippen LogP contribution >= 0.6 is 23.1 Å². The first kappa shape index (κ1) is 15.7. The largest absolute Gasteiger partial charge is 0.453 e. The van der Waals surface area contributed by atoms with E-state index in [0.29, 0.717) is 12.3 Å². The molecule has 0 aliphatic heterocycles. The van der Waals surface area contributed by atoms with Gasteiger partial charge in [0.15, 0.2) is 4.34 Å². The number of hydrogen-bond donors (Lipinski definition) is 2. The fourth-order valence-corrected chi connectivity index (χ4v) is 2.84. The number of ether oxygens (including phenoxy) is 1. The predicted molar refractivity (Wildman–Crippen MR) is 73.4 cm³/mol. The summed E-state index contributed by atoms with van der Waals surface area (Å²) in [6.45, 7) is 3.98. The van der Waals surface area contributed by atoms with E-state index in [1.807, 2.05) is 6.92 Å². The molecule has 0 saturated carbocycles. The average Bonchev–Trinajstić information content (AvgIpc) is 2.79. The van der Waals surface area contributed by atoms with E-state index in [9.17, 15) is 9.59 Å². The molecule has 1 aromatic heterocycles. The lowest BCUT2D eigenvalue weighted by atomic mass is 10.3. The molecule has 0 saturated heterocycles. The molecule has 0 bridgehead atoms. The first-order valence-corrected chi connectivity index (χ1v) is 7.38. The van der Waals surface area contributed by atoms with E-state index in [2.05, 4.69) is 25.6 Å². The van der Waals surface area contributed by atoms with Crippen LogP contribution in [-0.4, -0.2) is 47.6 Å². The van der Waals surface area contributed by atoms with E-state index < -0.39 is 12.1 Å². The highest BCUT2D eigenvalue weighted by Crippen LogP contribution is 2.20. The Hall–Kier alpha value is -1.35. The third-order valence-corrected chi connectivity index (χ3v) is 4.02. The van der Waals surface area contributed by atoms with Gasteiger partial charge in [0.05, 0.1) is 7.11 Å². The molecule has 7 nitrogen and oxygen atoms in total. The van der Waals surface area contributed by atoms with Crippen molar-refractivity contribution in [3.05, 3.63) is 5.01 Å². The fourth-order valence-electron chi connectivity index (χ4n) is 1.10. The lowest BCUT2D eigenvalue weighted by Gasteiger charge is -2.12. The Bertz CT molecular complexity index is 438. The van der Waals surface area contributed by atoms with Gasteiger partial charge < -0.3 is 15.4 Å². The van der Waals surface area contributed by atoms with E-state index in [-0.39, 0.29) is 5.91 Å². The maximum Gasteiger partial charge on any atom is 0.407 e. The minimum absolute atomic E-state index is 0.251. The van der Waals surface area contributed by atoms with Gasteiger partial charge in [0.25, 0.3) is 0 Å². The standard InChI is InChI=1S/C10H16N4O3S2/c1-6(12-9(16)17-3)8(15)11-4-5-18-10-14-13-7(2)19-10/h6H,4-5H2,1-3H3,(H,11,15)(H,12,16). The molecule has 0 fully saturated rings. The van der Waals surface area contributed by atoms with Crippen LogP contribution < -0.4 is 10.6 Å². The fraction of sp³-hybridized carbons (Fsp3) is 0.600. The van der Waals surface area contributed by atoms with Gasteiger partial charge in [-0.15, -0.1) is 10.2 Å². The Morgan fingerprint density at radius 2 is 2.21 bits per heavy atom. The summed E-state index contributed by atoms with van der Waals surface area (Å²) in [5.74, 6) is 0.449. The first-order valence-electron chi connectivity index (χ1n) is 5.58. The summed E-state index contributed by atoms with van der Waals surface area (Å²) in [4.78, 5) is 22.5. The zero-order valence-corrected chi connectivity index (χ0v) is 12.6. The lowest BCUT2D eigenvalue weighted by molar-refractivity contribution is -0.122. The van der Waals surface area contributed by atoms with E-state index in [1.54, 1.807) is 6.92 Å². The summed E-state index contributed by atoms with van der Waals surface area (Å²) >= 11 is 3.05. The average molecular weight is 304 g/mol. The van der Waals surface area contributed by atoms with Gasteiger partial charge in [0.1, 0.15) is 11.0 Å². The molecule has 19 heavy (non-hydrogen) atoms. The number of nitrogens with zero attached hydrogens (tertiary/aromatic N) is 2. The minimum Gasteiger partial charge on any atom is -0.453 e. The van der Waals surface area contributed by atoms with E-state index in [4.69, 9.17) is 0 Å². The number of thioether (sulfide) groups is 1. The number of methoxy groups -OCH3 is 1. The van der Waals surface area contributed by atoms with E-state index in [0.717, 1.165) is 9.35 Å². The highest BCUT2D eigenvalue weighted by atomic mass is 32.2. The molecule has 1 atom stereocenters. The third kappa shape index (κ3) is 5.88. The Balaban J connectivity index is 2.18. The van der Waals surface area contributed by atoms with Gasteiger partial charge in [-0.2, -0.15) is 0 Å². The van der Waals surface area contributed by atoms with Crippen molar-refractivity contribution >= 4 is 35.1 Å². The van der Waals surface area contributed by atoms with Crippen molar-refractivity contribution in [3.63, 3.8) is 0 Å². The molecule has 0 spiro atoms. The molecule has 2 amide bonds. The predicted octanol–water partition coefficient (Wildman–Crippen LogP) is 0.799. The molecule has 0 aliphatic carbocycles. The second kappa shape index (κ2) is 7.95. The van der Waals surface area contributed by atoms with Crippen LogP contribution in [0.3, 0.4) is 0 Å². The topological polar surface area (TPSA) is 93.2 Å². The van der Waals surface area contributed by atoms with Crippen molar-refractivity contribution in [2.24, 2.45) is 0 Å². The van der Waals surface area contributed by atoms with Crippen molar-refractivity contribution in [1.82, 2.24) is 20.8 Å². The Labute approximate surface area is 119 Å². The molecule has 9 heteroatoms. The number of alkyl carbamates (subject to hydrolysis) is 1. The highest BCUT2D eigenvalue weighted by Gasteiger charge is 2.14. The summed E-state index contributed by atoms with van der Waals surface area (Å²) < 4.78 is 5.29. The van der Waals surface area contributed by atoms with Gasteiger partial charge in [-0.1, -0.05) is 23.1 Å². The zero-order valence-electron chi connectivity index (χ0n) is 10.9. The van der Waals surface area contributed by atoms with Gasteiger partial charge >= 0.3 is 6.09 Å². The van der Waals surface area contributed by atoms with Crippen LogP contribution in [0.15, 0.2) is 4.34 Å². The van der Waals surface area contributed by atoms with Crippen LogP contribution in [0.25, 0.3) is 0 Å². The normalized spacial score (nSPS) is 11.7. The summed E-state index contributed by atoms with van der Waals surface area (Å²) in [7, 11) is 1.25. The number of carbonyl (C=O) groups excluding carboxylic acids is 2. The maximum atomic E-state index is 11.6. The SMILES string of the molecule is COC(=O)NC(C)C(=O)NCCSc1nnc(C)s1. The van der Waals surface area contributed by atoms with Crippen LogP contribution in [-0.2, 0) is 9.53 Å². The first-order chi connectivity index (χ1) is 9.02. The smallest absolute Gasteiger partial charge is 0.407 e. The van der Waals surface area contributed by atoms with Gasteiger partial charge in [-0.25, -0.2) is 4.79 Å². The Kier molecular flexibility index (Phi) is 6.57. The van der Waals surface area contributed by atoms with Crippen LogP contribution in [0.1, 0.15) is 11.9 Å². The summed E-state index contributed by atoms with van der Waals surface area (Å²) in [6, 6.07) is -0.624. The number of rotatable bonds is 6. The summed E-state index contributed by atoms with van der Waals surface area (Å²) in [5, 5.41) is 13.9. The lowest BCUT2D eigenvalue weighted by Crippen LogP contribution is -2.45. The van der Waals surface area contributed by atoms with Crippen molar-refractivity contribution in [2.75, 3.05) is 19.4 Å². The quantitative estimate of drug-likeness (QED) is 0.596. The van der Waals surface area contributed by atoms with Crippen molar-refractivity contribution in [1.29, 1.82) is 0 Å². The van der Waals surface area contributed by atoms with Crippen LogP contribution in [0.4, 0.5) is 4.79 Å². The molecule has 0 radical (unpaired) electrons. The van der Waals surface area contributed by atoms with Gasteiger partial charge in [0, 0.05) is 12.3 Å². The third-order valence-electron chi connectivity index (χ3n) is 2.05. The van der Waals surface area contributed by atoms with E-state index in [1.165, 1.54) is 30.2 Å². The molecule has 1 rings (SSSR count). The van der Waals surface area contributed by atoms with Crippen LogP contribution in [0.5, 0.6) is 0 Å². The highest BCUT2D eigenvalue weighted by molar-refractivity contribution is 8.01. The monoisotopic (exact) mass is 304 g/mol. The van der Waals surface area contributed by atoms with Gasteiger partial charge in [0.2, 0.25) is 5.91 Å². The van der Waals surface area contributed by atoms with Crippen molar-refractivity contribution in [2.45, 2.75) is 24.2 Å². The number of aromatic nitrogens is 2. The molecule has 2 N–H and O–H groups in total. The molecule has 1 heterocycles. The second-order valence-electron chi connectivity index (χ2n) is 3.58. The van der Waals surface area contributed by atoms with Crippen LogP contribution in [0, 0.1) is 6.92 Å². The number of amides is 2. The van der Waals surface area contributed by atoms with Gasteiger partial charge in [-0.05, 0) is 13.8 Å². The van der Waals surface area contributed by atoms with Crippen LogP contribution in [0.2, 0.25) is 0 Å². The summed E-state index contributed by atoms with van der Waals surface area (Å²) in [6.07, 6.45) is -0.624. The van der Waals surface area contributed by atoms with E-state index >= 15 is 0 Å². The van der Waals surface area contributed by atoms with Crippen molar-refractivity contribution < 1.29 is 14.3 Å². The number of nitrogens with one attached hydrogen (secondary N) is 2. The minimum atomic E-state index is -0.624. The number of hydrogen-bond acceptors (Lipinski definition) is 7. The molecular weight excluding hydrogens is 288 g/mol.